The minimum atomic E-state index is -0.00718. The lowest BCUT2D eigenvalue weighted by atomic mass is 9.77. The van der Waals surface area contributed by atoms with E-state index in [1.54, 1.807) is 0 Å². The summed E-state index contributed by atoms with van der Waals surface area (Å²) >= 11 is 0. The van der Waals surface area contributed by atoms with Gasteiger partial charge >= 0.3 is 0 Å². The Hall–Kier alpha value is -1.68. The maximum Gasteiger partial charge on any atom is 0.233 e. The van der Waals surface area contributed by atoms with Crippen LogP contribution in [0.15, 0.2) is 28.8 Å². The van der Waals surface area contributed by atoms with Crippen LogP contribution in [0.1, 0.15) is 48.5 Å². The molecule has 4 rings (SSSR count). The molecule has 2 unspecified atom stereocenters. The average Bonchev–Trinajstić information content (AvgIpc) is 2.91. The number of hydrogen-bond acceptors (Lipinski definition) is 4. The van der Waals surface area contributed by atoms with Gasteiger partial charge in [0.25, 0.3) is 0 Å². The normalized spacial score (nSPS) is 28.8. The fraction of sp³-hybridized carbons (Fsp3) is 0.500. The van der Waals surface area contributed by atoms with E-state index in [9.17, 15) is 0 Å². The van der Waals surface area contributed by atoms with Crippen LogP contribution in [0.2, 0.25) is 0 Å². The Labute approximate surface area is 118 Å². The largest absolute Gasteiger partial charge is 0.339 e. The fourth-order valence-electron chi connectivity index (χ4n) is 3.35. The zero-order valence-electron chi connectivity index (χ0n) is 11.7. The van der Waals surface area contributed by atoms with Gasteiger partial charge in [-0.2, -0.15) is 4.98 Å². The molecule has 0 bridgehead atoms. The molecule has 1 aromatic carbocycles. The minimum Gasteiger partial charge on any atom is -0.339 e. The molecule has 1 aliphatic carbocycles. The highest BCUT2D eigenvalue weighted by Crippen LogP contribution is 2.39. The highest BCUT2D eigenvalue weighted by molar-refractivity contribution is 5.43. The lowest BCUT2D eigenvalue weighted by Crippen LogP contribution is -2.41. The molecular weight excluding hydrogens is 250 g/mol. The van der Waals surface area contributed by atoms with Crippen molar-refractivity contribution in [1.82, 2.24) is 15.5 Å². The number of nitrogens with zero attached hydrogens (tertiary/aromatic N) is 2. The first-order valence-electron chi connectivity index (χ1n) is 7.39. The number of piperidine rings is 1. The summed E-state index contributed by atoms with van der Waals surface area (Å²) in [5.41, 5.74) is 2.76. The predicted octanol–water partition coefficient (Wildman–Crippen LogP) is 2.40. The Balaban J connectivity index is 1.61. The van der Waals surface area contributed by atoms with E-state index in [2.05, 4.69) is 41.7 Å². The van der Waals surface area contributed by atoms with E-state index in [0.717, 1.165) is 37.6 Å². The molecule has 1 saturated heterocycles. The standard InChI is InChI=1S/C16H19N3O/c1-16(7-4-8-17-10-16)15-18-14(19-20-15)13-9-11-5-2-3-6-12(11)13/h2-3,5-6,13,17H,4,7-10H2,1H3. The van der Waals surface area contributed by atoms with Crippen molar-refractivity contribution in [2.24, 2.45) is 0 Å². The SMILES string of the molecule is CC1(c2nc(C3Cc4ccccc43)no2)CCCNC1. The molecule has 2 atom stereocenters. The summed E-state index contributed by atoms with van der Waals surface area (Å²) in [7, 11) is 0. The van der Waals surface area contributed by atoms with Crippen molar-refractivity contribution in [1.29, 1.82) is 0 Å². The molecular formula is C16H19N3O. The molecule has 1 aromatic heterocycles. The molecule has 1 aliphatic heterocycles. The zero-order chi connectivity index (χ0) is 13.6. The third kappa shape index (κ3) is 1.79. The van der Waals surface area contributed by atoms with Crippen molar-refractivity contribution in [2.75, 3.05) is 13.1 Å². The first kappa shape index (κ1) is 12.1. The van der Waals surface area contributed by atoms with Crippen molar-refractivity contribution < 1.29 is 4.52 Å². The molecule has 1 N–H and O–H groups in total. The van der Waals surface area contributed by atoms with Gasteiger partial charge in [-0.25, -0.2) is 0 Å². The Morgan fingerprint density at radius 1 is 1.35 bits per heavy atom. The lowest BCUT2D eigenvalue weighted by molar-refractivity contribution is 0.244. The average molecular weight is 269 g/mol. The van der Waals surface area contributed by atoms with Gasteiger partial charge in [0, 0.05) is 6.54 Å². The van der Waals surface area contributed by atoms with Gasteiger partial charge in [-0.15, -0.1) is 0 Å². The van der Waals surface area contributed by atoms with Crippen molar-refractivity contribution >= 4 is 0 Å². The van der Waals surface area contributed by atoms with E-state index >= 15 is 0 Å². The van der Waals surface area contributed by atoms with Gasteiger partial charge in [0.2, 0.25) is 5.89 Å². The second-order valence-electron chi connectivity index (χ2n) is 6.25. The van der Waals surface area contributed by atoms with Gasteiger partial charge in [0.1, 0.15) is 0 Å². The van der Waals surface area contributed by atoms with Crippen LogP contribution in [0.3, 0.4) is 0 Å². The first-order chi connectivity index (χ1) is 9.76. The Kier molecular flexibility index (Phi) is 2.67. The summed E-state index contributed by atoms with van der Waals surface area (Å²) in [6.45, 7) is 4.23. The molecule has 0 amide bonds. The van der Waals surface area contributed by atoms with E-state index < -0.39 is 0 Å². The molecule has 2 aliphatic rings. The van der Waals surface area contributed by atoms with E-state index in [0.29, 0.717) is 5.92 Å². The molecule has 2 heterocycles. The van der Waals surface area contributed by atoms with Crippen LogP contribution in [0, 0.1) is 0 Å². The van der Waals surface area contributed by atoms with Gasteiger partial charge in [-0.3, -0.25) is 0 Å². The Morgan fingerprint density at radius 2 is 2.25 bits per heavy atom. The molecule has 0 radical (unpaired) electrons. The highest BCUT2D eigenvalue weighted by Gasteiger charge is 2.37. The van der Waals surface area contributed by atoms with E-state index in [4.69, 9.17) is 9.51 Å². The fourth-order valence-corrected chi connectivity index (χ4v) is 3.35. The van der Waals surface area contributed by atoms with Crippen LogP contribution in [0.4, 0.5) is 0 Å². The Morgan fingerprint density at radius 3 is 3.05 bits per heavy atom. The lowest BCUT2D eigenvalue weighted by Gasteiger charge is -2.30. The monoisotopic (exact) mass is 269 g/mol. The summed E-state index contributed by atoms with van der Waals surface area (Å²) in [4.78, 5) is 4.71. The van der Waals surface area contributed by atoms with Crippen LogP contribution < -0.4 is 5.32 Å². The van der Waals surface area contributed by atoms with Crippen molar-refractivity contribution in [3.8, 4) is 0 Å². The van der Waals surface area contributed by atoms with Crippen LogP contribution in [0.5, 0.6) is 0 Å². The number of rotatable bonds is 2. The predicted molar refractivity (Wildman–Crippen MR) is 75.7 cm³/mol. The second-order valence-corrected chi connectivity index (χ2v) is 6.25. The topological polar surface area (TPSA) is 51.0 Å². The quantitative estimate of drug-likeness (QED) is 0.909. The van der Waals surface area contributed by atoms with Gasteiger partial charge in [-0.1, -0.05) is 29.4 Å². The van der Waals surface area contributed by atoms with Crippen LogP contribution in [-0.2, 0) is 11.8 Å². The van der Waals surface area contributed by atoms with Gasteiger partial charge in [-0.05, 0) is 43.9 Å². The zero-order valence-corrected chi connectivity index (χ0v) is 11.7. The van der Waals surface area contributed by atoms with E-state index in [1.165, 1.54) is 17.5 Å². The molecule has 0 saturated carbocycles. The summed E-state index contributed by atoms with van der Waals surface area (Å²) < 4.78 is 5.58. The molecule has 4 heteroatoms. The molecule has 0 spiro atoms. The van der Waals surface area contributed by atoms with Gasteiger partial charge in [0.05, 0.1) is 11.3 Å². The molecule has 1 fully saturated rings. The third-order valence-corrected chi connectivity index (χ3v) is 4.72. The van der Waals surface area contributed by atoms with Gasteiger partial charge in [0.15, 0.2) is 5.82 Å². The molecule has 20 heavy (non-hydrogen) atoms. The molecule has 104 valence electrons. The maximum atomic E-state index is 5.58. The van der Waals surface area contributed by atoms with Crippen LogP contribution in [-0.4, -0.2) is 23.2 Å². The number of benzene rings is 1. The maximum absolute atomic E-state index is 5.58. The third-order valence-electron chi connectivity index (χ3n) is 4.72. The van der Waals surface area contributed by atoms with Gasteiger partial charge < -0.3 is 9.84 Å². The van der Waals surface area contributed by atoms with Crippen molar-refractivity contribution in [3.63, 3.8) is 0 Å². The van der Waals surface area contributed by atoms with Crippen molar-refractivity contribution in [3.05, 3.63) is 47.1 Å². The summed E-state index contributed by atoms with van der Waals surface area (Å²) in [5, 5.41) is 7.67. The molecule has 2 aromatic rings. The van der Waals surface area contributed by atoms with E-state index in [1.807, 2.05) is 0 Å². The summed E-state index contributed by atoms with van der Waals surface area (Å²) in [6.07, 6.45) is 3.31. The van der Waals surface area contributed by atoms with Crippen LogP contribution >= 0.6 is 0 Å². The smallest absolute Gasteiger partial charge is 0.233 e. The number of nitrogens with one attached hydrogen (secondary N) is 1. The highest BCUT2D eigenvalue weighted by atomic mass is 16.5. The summed E-state index contributed by atoms with van der Waals surface area (Å²) in [6, 6.07) is 8.52. The number of hydrogen-bond donors (Lipinski definition) is 1. The summed E-state index contributed by atoms with van der Waals surface area (Å²) in [5.74, 6) is 1.97. The van der Waals surface area contributed by atoms with Crippen molar-refractivity contribution in [2.45, 2.75) is 37.5 Å². The van der Waals surface area contributed by atoms with Crippen LogP contribution in [0.25, 0.3) is 0 Å². The molecule has 4 nitrogen and oxygen atoms in total. The first-order valence-corrected chi connectivity index (χ1v) is 7.39. The second kappa shape index (κ2) is 4.42. The van der Waals surface area contributed by atoms with E-state index in [-0.39, 0.29) is 5.41 Å². The Bertz CT molecular complexity index is 628. The minimum absolute atomic E-state index is 0.00718. The number of fused-ring (bicyclic) bond motifs is 1. The number of aromatic nitrogens is 2.